The summed E-state index contributed by atoms with van der Waals surface area (Å²) in [5, 5.41) is 2.27. The predicted octanol–water partition coefficient (Wildman–Crippen LogP) is 0.405. The van der Waals surface area contributed by atoms with Crippen LogP contribution in [-0.2, 0) is 14.4 Å². The third-order valence-electron chi connectivity index (χ3n) is 3.88. The molecule has 3 N–H and O–H groups in total. The van der Waals surface area contributed by atoms with E-state index in [4.69, 9.17) is 5.73 Å². The number of piperazine rings is 1. The molecule has 1 aliphatic heterocycles. The number of carbonyl (C=O) groups is 3. The lowest BCUT2D eigenvalue weighted by Crippen LogP contribution is -2.59. The number of rotatable bonds is 7. The largest absolute Gasteiger partial charge is 0.330 e. The molecule has 0 aliphatic carbocycles. The van der Waals surface area contributed by atoms with Crippen molar-refractivity contribution >= 4 is 17.7 Å². The monoisotopic (exact) mass is 283 g/mol. The molecule has 1 saturated heterocycles. The maximum atomic E-state index is 12.2. The van der Waals surface area contributed by atoms with Gasteiger partial charge in [0.25, 0.3) is 0 Å². The summed E-state index contributed by atoms with van der Waals surface area (Å²) in [7, 11) is 0. The van der Waals surface area contributed by atoms with Gasteiger partial charge in [0.2, 0.25) is 17.7 Å². The van der Waals surface area contributed by atoms with E-state index >= 15 is 0 Å². The molecule has 1 fully saturated rings. The number of carbonyl (C=O) groups excluding carboxylic acids is 3. The lowest BCUT2D eigenvalue weighted by Gasteiger charge is -2.33. The second-order valence-corrected chi connectivity index (χ2v) is 5.25. The normalized spacial score (nSPS) is 20.8. The van der Waals surface area contributed by atoms with Crippen LogP contribution in [0.4, 0.5) is 0 Å². The van der Waals surface area contributed by atoms with Crippen LogP contribution in [0.1, 0.15) is 46.0 Å². The van der Waals surface area contributed by atoms with Gasteiger partial charge in [-0.1, -0.05) is 20.3 Å². The fourth-order valence-corrected chi connectivity index (χ4v) is 2.59. The number of hydrogen-bond acceptors (Lipinski definition) is 4. The van der Waals surface area contributed by atoms with Crippen molar-refractivity contribution in [1.82, 2.24) is 10.2 Å². The Labute approximate surface area is 120 Å². The van der Waals surface area contributed by atoms with E-state index in [-0.39, 0.29) is 18.4 Å². The van der Waals surface area contributed by atoms with Crippen LogP contribution in [0.3, 0.4) is 0 Å². The first-order valence-electron chi connectivity index (χ1n) is 7.36. The van der Waals surface area contributed by atoms with Gasteiger partial charge in [-0.25, -0.2) is 0 Å². The van der Waals surface area contributed by atoms with Gasteiger partial charge in [-0.05, 0) is 31.7 Å². The van der Waals surface area contributed by atoms with E-state index in [2.05, 4.69) is 12.2 Å². The number of amides is 3. The van der Waals surface area contributed by atoms with Gasteiger partial charge in [0, 0.05) is 6.42 Å². The van der Waals surface area contributed by atoms with Gasteiger partial charge in [0.05, 0.1) is 0 Å². The summed E-state index contributed by atoms with van der Waals surface area (Å²) < 4.78 is 0. The van der Waals surface area contributed by atoms with Gasteiger partial charge in [0.15, 0.2) is 0 Å². The van der Waals surface area contributed by atoms with E-state index in [1.807, 2.05) is 6.92 Å². The highest BCUT2D eigenvalue weighted by Gasteiger charge is 2.35. The van der Waals surface area contributed by atoms with E-state index in [0.717, 1.165) is 19.3 Å². The molecule has 1 rings (SSSR count). The Morgan fingerprint density at radius 2 is 2.10 bits per heavy atom. The quantitative estimate of drug-likeness (QED) is 0.662. The Kier molecular flexibility index (Phi) is 6.64. The average molecular weight is 283 g/mol. The van der Waals surface area contributed by atoms with E-state index in [9.17, 15) is 14.4 Å². The van der Waals surface area contributed by atoms with Crippen molar-refractivity contribution in [2.45, 2.75) is 52.0 Å². The second kappa shape index (κ2) is 7.99. The molecule has 0 bridgehead atoms. The summed E-state index contributed by atoms with van der Waals surface area (Å²) in [6, 6.07) is -0.519. The first-order chi connectivity index (χ1) is 9.53. The van der Waals surface area contributed by atoms with Gasteiger partial charge in [-0.15, -0.1) is 0 Å². The Balaban J connectivity index is 2.59. The van der Waals surface area contributed by atoms with Crippen LogP contribution in [0.2, 0.25) is 0 Å². The molecule has 0 saturated carbocycles. The van der Waals surface area contributed by atoms with E-state index in [1.54, 1.807) is 0 Å². The van der Waals surface area contributed by atoms with E-state index in [0.29, 0.717) is 25.3 Å². The summed E-state index contributed by atoms with van der Waals surface area (Å²) in [6.07, 6.45) is 3.54. The average Bonchev–Trinajstić information content (AvgIpc) is 2.42. The number of nitrogens with one attached hydrogen (secondary N) is 1. The summed E-state index contributed by atoms with van der Waals surface area (Å²) in [5.41, 5.74) is 5.54. The number of imide groups is 1. The van der Waals surface area contributed by atoms with Crippen LogP contribution >= 0.6 is 0 Å². The fourth-order valence-electron chi connectivity index (χ4n) is 2.59. The fraction of sp³-hybridized carbons (Fsp3) is 0.786. The van der Waals surface area contributed by atoms with Crippen LogP contribution in [-0.4, -0.2) is 41.8 Å². The molecule has 6 nitrogen and oxygen atoms in total. The zero-order valence-electron chi connectivity index (χ0n) is 12.4. The Morgan fingerprint density at radius 3 is 2.65 bits per heavy atom. The number of hydrogen-bond donors (Lipinski definition) is 2. The smallest absolute Gasteiger partial charge is 0.249 e. The van der Waals surface area contributed by atoms with E-state index < -0.39 is 11.9 Å². The molecule has 2 atom stereocenters. The molecular weight excluding hydrogens is 258 g/mol. The highest BCUT2D eigenvalue weighted by molar-refractivity contribution is 6.04. The van der Waals surface area contributed by atoms with Crippen LogP contribution in [0.15, 0.2) is 0 Å². The summed E-state index contributed by atoms with van der Waals surface area (Å²) in [5.74, 6) is -0.456. The number of nitrogens with two attached hydrogens (primary N) is 1. The predicted molar refractivity (Wildman–Crippen MR) is 75.6 cm³/mol. The molecule has 1 aliphatic rings. The molecule has 0 aromatic rings. The highest BCUT2D eigenvalue weighted by atomic mass is 16.2. The minimum Gasteiger partial charge on any atom is -0.330 e. The maximum absolute atomic E-state index is 12.2. The van der Waals surface area contributed by atoms with Crippen molar-refractivity contribution in [3.8, 4) is 0 Å². The lowest BCUT2D eigenvalue weighted by molar-refractivity contribution is -0.150. The maximum Gasteiger partial charge on any atom is 0.249 e. The van der Waals surface area contributed by atoms with Gasteiger partial charge < -0.3 is 10.6 Å². The lowest BCUT2D eigenvalue weighted by atomic mass is 9.96. The van der Waals surface area contributed by atoms with Crippen molar-refractivity contribution in [2.24, 2.45) is 11.7 Å². The molecule has 20 heavy (non-hydrogen) atoms. The molecule has 1 heterocycles. The Hall–Kier alpha value is -1.43. The molecule has 114 valence electrons. The first-order valence-corrected chi connectivity index (χ1v) is 7.36. The van der Waals surface area contributed by atoms with Crippen LogP contribution in [0.5, 0.6) is 0 Å². The molecule has 3 amide bonds. The van der Waals surface area contributed by atoms with Gasteiger partial charge in [-0.2, -0.15) is 0 Å². The topological polar surface area (TPSA) is 92.5 Å². The van der Waals surface area contributed by atoms with Crippen molar-refractivity contribution in [2.75, 3.05) is 13.1 Å². The van der Waals surface area contributed by atoms with Crippen molar-refractivity contribution in [1.29, 1.82) is 0 Å². The van der Waals surface area contributed by atoms with Gasteiger partial charge in [-0.3, -0.25) is 19.7 Å². The van der Waals surface area contributed by atoms with Crippen LogP contribution < -0.4 is 11.1 Å². The third kappa shape index (κ3) is 4.30. The van der Waals surface area contributed by atoms with E-state index in [1.165, 1.54) is 4.90 Å². The number of nitrogens with zero attached hydrogens (tertiary/aromatic N) is 1. The molecule has 0 spiro atoms. The third-order valence-corrected chi connectivity index (χ3v) is 3.88. The highest BCUT2D eigenvalue weighted by Crippen LogP contribution is 2.17. The van der Waals surface area contributed by atoms with Gasteiger partial charge >= 0.3 is 0 Å². The SMILES string of the molecule is CCC(CCN)CCC(=O)N1CC(=O)NC(=O)C1CC. The standard InChI is InChI=1S/C14H25N3O3/c1-3-10(7-8-15)5-6-13(19)17-9-12(18)16-14(20)11(17)4-2/h10-11H,3-9,15H2,1-2H3,(H,16,18,20). The van der Waals surface area contributed by atoms with Crippen molar-refractivity contribution in [3.63, 3.8) is 0 Å². The zero-order valence-corrected chi connectivity index (χ0v) is 12.4. The molecule has 0 radical (unpaired) electrons. The summed E-state index contributed by atoms with van der Waals surface area (Å²) in [4.78, 5) is 36.8. The Morgan fingerprint density at radius 1 is 1.40 bits per heavy atom. The van der Waals surface area contributed by atoms with Crippen molar-refractivity contribution < 1.29 is 14.4 Å². The molecule has 0 aromatic heterocycles. The summed E-state index contributed by atoms with van der Waals surface area (Å²) >= 11 is 0. The van der Waals surface area contributed by atoms with Crippen LogP contribution in [0, 0.1) is 5.92 Å². The van der Waals surface area contributed by atoms with Crippen molar-refractivity contribution in [3.05, 3.63) is 0 Å². The first kappa shape index (κ1) is 16.6. The minimum absolute atomic E-state index is 0.0171. The minimum atomic E-state index is -0.519. The van der Waals surface area contributed by atoms with Crippen LogP contribution in [0.25, 0.3) is 0 Å². The molecule has 6 heteroatoms. The molecule has 0 aromatic carbocycles. The summed E-state index contributed by atoms with van der Waals surface area (Å²) in [6.45, 7) is 4.52. The second-order valence-electron chi connectivity index (χ2n) is 5.25. The molecular formula is C14H25N3O3. The van der Waals surface area contributed by atoms with Gasteiger partial charge in [0.1, 0.15) is 12.6 Å². The molecule has 2 unspecified atom stereocenters. The zero-order chi connectivity index (χ0) is 15.1. The Bertz CT molecular complexity index is 371.